The van der Waals surface area contributed by atoms with Gasteiger partial charge in [-0.2, -0.15) is 0 Å². The van der Waals surface area contributed by atoms with Crippen LogP contribution in [0.25, 0.3) is 0 Å². The van der Waals surface area contributed by atoms with Crippen LogP contribution in [-0.4, -0.2) is 24.0 Å². The maximum absolute atomic E-state index is 11.6. The van der Waals surface area contributed by atoms with Crippen LogP contribution in [0.2, 0.25) is 0 Å². The molecule has 0 unspecified atom stereocenters. The number of hydrogen-bond donors (Lipinski definition) is 1. The Bertz CT molecular complexity index is 559. The number of nitrogen functional groups attached to an aromatic ring is 1. The van der Waals surface area contributed by atoms with Crippen molar-refractivity contribution in [3.63, 3.8) is 0 Å². The maximum Gasteiger partial charge on any atom is 0.250 e. The Morgan fingerprint density at radius 1 is 1.41 bits per heavy atom. The Labute approximate surface area is 101 Å². The largest absolute Gasteiger partial charge is 0.397 e. The van der Waals surface area contributed by atoms with Crippen molar-refractivity contribution >= 4 is 15.5 Å². The van der Waals surface area contributed by atoms with Crippen LogP contribution in [0.5, 0.6) is 0 Å². The number of nitrogens with zero attached hydrogens (tertiary/aromatic N) is 1. The first-order valence-corrected chi connectivity index (χ1v) is 7.13. The molecular weight excluding hydrogens is 240 g/mol. The van der Waals surface area contributed by atoms with Gasteiger partial charge in [-0.05, 0) is 26.3 Å². The molecule has 0 atom stereocenters. The highest BCUT2D eigenvalue weighted by atomic mass is 32.2. The summed E-state index contributed by atoms with van der Waals surface area (Å²) >= 11 is 0. The Balaban J connectivity index is 2.92. The molecule has 0 aromatic carbocycles. The van der Waals surface area contributed by atoms with E-state index >= 15 is 0 Å². The number of hydrogen-bond acceptors (Lipinski definition) is 4. The zero-order valence-electron chi connectivity index (χ0n) is 10.3. The summed E-state index contributed by atoms with van der Waals surface area (Å²) in [5.41, 5.74) is 6.65. The number of aromatic nitrogens is 1. The monoisotopic (exact) mass is 258 g/mol. The summed E-state index contributed by atoms with van der Waals surface area (Å²) in [5, 5.41) is -0.430. The Kier molecular flexibility index (Phi) is 3.98. The number of sulfone groups is 1. The molecular formula is C11H18N2O3S. The third-order valence-electron chi connectivity index (χ3n) is 2.71. The average Bonchev–Trinajstić information content (AvgIpc) is 2.21. The molecule has 0 bridgehead atoms. The van der Waals surface area contributed by atoms with Crippen LogP contribution in [0.4, 0.5) is 5.69 Å². The van der Waals surface area contributed by atoms with Gasteiger partial charge in [0, 0.05) is 18.8 Å². The molecule has 0 saturated carbocycles. The lowest BCUT2D eigenvalue weighted by molar-refractivity contribution is 0.578. The second-order valence-electron chi connectivity index (χ2n) is 4.36. The lowest BCUT2D eigenvalue weighted by Crippen LogP contribution is -2.27. The van der Waals surface area contributed by atoms with E-state index in [0.717, 1.165) is 0 Å². The van der Waals surface area contributed by atoms with Crippen LogP contribution >= 0.6 is 0 Å². The predicted octanol–water partition coefficient (Wildman–Crippen LogP) is 0.562. The topological polar surface area (TPSA) is 82.2 Å². The highest BCUT2D eigenvalue weighted by Gasteiger charge is 2.16. The van der Waals surface area contributed by atoms with Crippen LogP contribution in [0.1, 0.15) is 19.4 Å². The standard InChI is InChI=1S/C11H18N2O3S/c1-8(2)17(15,16)5-4-13-7-10(12)9(3)6-11(13)14/h6-8H,4-5,12H2,1-3H3. The van der Waals surface area contributed by atoms with E-state index in [9.17, 15) is 13.2 Å². The molecule has 0 spiro atoms. The van der Waals surface area contributed by atoms with E-state index in [2.05, 4.69) is 0 Å². The summed E-state index contributed by atoms with van der Waals surface area (Å²) < 4.78 is 24.6. The molecule has 0 radical (unpaired) electrons. The molecule has 2 N–H and O–H groups in total. The van der Waals surface area contributed by atoms with E-state index in [1.54, 1.807) is 20.8 Å². The summed E-state index contributed by atoms with van der Waals surface area (Å²) in [6, 6.07) is 1.41. The molecule has 6 heteroatoms. The van der Waals surface area contributed by atoms with E-state index in [1.165, 1.54) is 16.8 Å². The molecule has 1 aromatic heterocycles. The van der Waals surface area contributed by atoms with Gasteiger partial charge >= 0.3 is 0 Å². The number of rotatable bonds is 4. The van der Waals surface area contributed by atoms with Gasteiger partial charge in [0.05, 0.1) is 16.7 Å². The third-order valence-corrected chi connectivity index (χ3v) is 4.90. The van der Waals surface area contributed by atoms with Gasteiger partial charge < -0.3 is 10.3 Å². The lowest BCUT2D eigenvalue weighted by atomic mass is 10.2. The fourth-order valence-corrected chi connectivity index (χ4v) is 2.24. The molecule has 0 aliphatic heterocycles. The molecule has 1 aromatic rings. The van der Waals surface area contributed by atoms with Crippen molar-refractivity contribution in [2.24, 2.45) is 0 Å². The molecule has 1 heterocycles. The molecule has 0 fully saturated rings. The summed E-state index contributed by atoms with van der Waals surface area (Å²) in [4.78, 5) is 11.6. The van der Waals surface area contributed by atoms with Gasteiger partial charge in [0.2, 0.25) is 0 Å². The molecule has 5 nitrogen and oxygen atoms in total. The summed E-state index contributed by atoms with van der Waals surface area (Å²) in [5.74, 6) is -0.0485. The molecule has 0 amide bonds. The zero-order chi connectivity index (χ0) is 13.2. The molecule has 96 valence electrons. The van der Waals surface area contributed by atoms with Gasteiger partial charge in [0.25, 0.3) is 5.56 Å². The van der Waals surface area contributed by atoms with Crippen LogP contribution < -0.4 is 11.3 Å². The first kappa shape index (κ1) is 13.8. The van der Waals surface area contributed by atoms with Gasteiger partial charge in [-0.3, -0.25) is 4.79 Å². The Morgan fingerprint density at radius 3 is 2.53 bits per heavy atom. The minimum absolute atomic E-state index is 0.0485. The smallest absolute Gasteiger partial charge is 0.250 e. The maximum atomic E-state index is 11.6. The summed E-state index contributed by atoms with van der Waals surface area (Å²) in [6.45, 7) is 5.14. The second-order valence-corrected chi connectivity index (χ2v) is 7.04. The minimum atomic E-state index is -3.14. The minimum Gasteiger partial charge on any atom is -0.397 e. The lowest BCUT2D eigenvalue weighted by Gasteiger charge is -2.10. The summed E-state index contributed by atoms with van der Waals surface area (Å²) in [7, 11) is -3.14. The van der Waals surface area contributed by atoms with E-state index in [1.807, 2.05) is 0 Å². The van der Waals surface area contributed by atoms with Gasteiger partial charge in [0.15, 0.2) is 9.84 Å². The van der Waals surface area contributed by atoms with Crippen molar-refractivity contribution in [2.75, 3.05) is 11.5 Å². The highest BCUT2D eigenvalue weighted by molar-refractivity contribution is 7.91. The molecule has 1 rings (SSSR count). The number of anilines is 1. The normalized spacial score (nSPS) is 12.0. The van der Waals surface area contributed by atoms with Crippen molar-refractivity contribution in [1.29, 1.82) is 0 Å². The van der Waals surface area contributed by atoms with Crippen molar-refractivity contribution in [3.8, 4) is 0 Å². The van der Waals surface area contributed by atoms with Gasteiger partial charge in [-0.15, -0.1) is 0 Å². The fraction of sp³-hybridized carbons (Fsp3) is 0.545. The van der Waals surface area contributed by atoms with Gasteiger partial charge in [-0.1, -0.05) is 0 Å². The molecule has 17 heavy (non-hydrogen) atoms. The predicted molar refractivity (Wildman–Crippen MR) is 68.8 cm³/mol. The SMILES string of the molecule is Cc1cc(=O)n(CCS(=O)(=O)C(C)C)cc1N. The van der Waals surface area contributed by atoms with Crippen molar-refractivity contribution in [3.05, 3.63) is 28.2 Å². The number of pyridine rings is 1. The number of aryl methyl sites for hydroxylation is 2. The average molecular weight is 258 g/mol. The molecule has 0 saturated heterocycles. The van der Waals surface area contributed by atoms with Crippen LogP contribution in [0.15, 0.2) is 17.1 Å². The zero-order valence-corrected chi connectivity index (χ0v) is 11.1. The Morgan fingerprint density at radius 2 is 2.00 bits per heavy atom. The van der Waals surface area contributed by atoms with Crippen LogP contribution in [0, 0.1) is 6.92 Å². The van der Waals surface area contributed by atoms with E-state index in [0.29, 0.717) is 11.3 Å². The van der Waals surface area contributed by atoms with E-state index < -0.39 is 15.1 Å². The van der Waals surface area contributed by atoms with Crippen LogP contribution in [-0.2, 0) is 16.4 Å². The van der Waals surface area contributed by atoms with Gasteiger partial charge in [-0.25, -0.2) is 8.42 Å². The fourth-order valence-electron chi connectivity index (χ4n) is 1.32. The van der Waals surface area contributed by atoms with Crippen molar-refractivity contribution in [2.45, 2.75) is 32.6 Å². The van der Waals surface area contributed by atoms with Gasteiger partial charge in [0.1, 0.15) is 0 Å². The van der Waals surface area contributed by atoms with Crippen molar-refractivity contribution < 1.29 is 8.42 Å². The Hall–Kier alpha value is -1.30. The molecule has 0 aliphatic rings. The number of nitrogens with two attached hydrogens (primary N) is 1. The third kappa shape index (κ3) is 3.33. The van der Waals surface area contributed by atoms with Crippen molar-refractivity contribution in [1.82, 2.24) is 4.57 Å². The highest BCUT2D eigenvalue weighted by Crippen LogP contribution is 2.06. The first-order chi connectivity index (χ1) is 7.74. The van der Waals surface area contributed by atoms with E-state index in [-0.39, 0.29) is 17.9 Å². The second kappa shape index (κ2) is 4.91. The molecule has 0 aliphatic carbocycles. The quantitative estimate of drug-likeness (QED) is 0.855. The van der Waals surface area contributed by atoms with Crippen LogP contribution in [0.3, 0.4) is 0 Å². The first-order valence-electron chi connectivity index (χ1n) is 5.42. The summed E-state index contributed by atoms with van der Waals surface area (Å²) in [6.07, 6.45) is 1.49. The van der Waals surface area contributed by atoms with E-state index in [4.69, 9.17) is 5.73 Å².